The number of rotatable bonds is 6. The van der Waals surface area contributed by atoms with Gasteiger partial charge in [-0.15, -0.1) is 0 Å². The monoisotopic (exact) mass is 247 g/mol. The quantitative estimate of drug-likeness (QED) is 0.775. The van der Waals surface area contributed by atoms with Crippen molar-refractivity contribution in [2.75, 3.05) is 13.7 Å². The van der Waals surface area contributed by atoms with E-state index in [9.17, 15) is 4.79 Å². The van der Waals surface area contributed by atoms with Gasteiger partial charge in [0.1, 0.15) is 22.7 Å². The molecule has 0 aliphatic heterocycles. The van der Waals surface area contributed by atoms with E-state index in [0.717, 1.165) is 5.75 Å². The average Bonchev–Trinajstić information content (AvgIpc) is 2.39. The molecule has 0 aromatic heterocycles. The van der Waals surface area contributed by atoms with Crippen LogP contribution < -0.4 is 9.47 Å². The fourth-order valence-corrected chi connectivity index (χ4v) is 1.36. The van der Waals surface area contributed by atoms with Crippen LogP contribution in [-0.4, -0.2) is 19.5 Å². The zero-order chi connectivity index (χ0) is 13.6. The smallest absolute Gasteiger partial charge is 0.149 e. The molecule has 1 atom stereocenters. The molecule has 1 aromatic rings. The molecule has 0 bridgehead atoms. The van der Waals surface area contributed by atoms with Crippen molar-refractivity contribution in [1.29, 1.82) is 5.26 Å². The maximum atomic E-state index is 11.3. The van der Waals surface area contributed by atoms with Crippen LogP contribution in [0.3, 0.4) is 0 Å². The van der Waals surface area contributed by atoms with Gasteiger partial charge in [0.15, 0.2) is 0 Å². The summed E-state index contributed by atoms with van der Waals surface area (Å²) >= 11 is 0. The molecule has 0 radical (unpaired) electrons. The van der Waals surface area contributed by atoms with Crippen LogP contribution >= 0.6 is 0 Å². The minimum Gasteiger partial charge on any atom is -0.497 e. The maximum absolute atomic E-state index is 11.3. The van der Waals surface area contributed by atoms with Crippen LogP contribution in [0.1, 0.15) is 20.3 Å². The first-order valence-corrected chi connectivity index (χ1v) is 5.71. The van der Waals surface area contributed by atoms with Gasteiger partial charge in [-0.3, -0.25) is 4.79 Å². The standard InChI is InChI=1S/C14H17NO3/c1-11(16)14(2,10-15)8-9-18-13-6-4-12(17-3)5-7-13/h4-7H,8-9H2,1-3H3. The third-order valence-electron chi connectivity index (χ3n) is 2.95. The minimum absolute atomic E-state index is 0.136. The van der Waals surface area contributed by atoms with Crippen LogP contribution in [0.25, 0.3) is 0 Å². The molecule has 0 fully saturated rings. The van der Waals surface area contributed by atoms with Crippen molar-refractivity contribution in [1.82, 2.24) is 0 Å². The zero-order valence-corrected chi connectivity index (χ0v) is 10.9. The Labute approximate surface area is 107 Å². The molecule has 0 aliphatic rings. The Morgan fingerprint density at radius 1 is 1.33 bits per heavy atom. The molecule has 96 valence electrons. The lowest BCUT2D eigenvalue weighted by Crippen LogP contribution is -2.25. The molecule has 0 amide bonds. The summed E-state index contributed by atoms with van der Waals surface area (Å²) in [6, 6.07) is 9.20. The van der Waals surface area contributed by atoms with Crippen molar-refractivity contribution >= 4 is 5.78 Å². The summed E-state index contributed by atoms with van der Waals surface area (Å²) in [6.07, 6.45) is 0.380. The number of benzene rings is 1. The molecule has 0 heterocycles. The lowest BCUT2D eigenvalue weighted by atomic mass is 9.85. The highest BCUT2D eigenvalue weighted by Gasteiger charge is 2.29. The Morgan fingerprint density at radius 3 is 2.33 bits per heavy atom. The van der Waals surface area contributed by atoms with Crippen LogP contribution in [0.15, 0.2) is 24.3 Å². The average molecular weight is 247 g/mol. The highest BCUT2D eigenvalue weighted by molar-refractivity contribution is 5.84. The predicted molar refractivity (Wildman–Crippen MR) is 67.5 cm³/mol. The van der Waals surface area contributed by atoms with Crippen LogP contribution in [0.5, 0.6) is 11.5 Å². The Hall–Kier alpha value is -2.02. The second-order valence-corrected chi connectivity index (χ2v) is 4.27. The Balaban J connectivity index is 2.51. The molecular formula is C14H17NO3. The van der Waals surface area contributed by atoms with Crippen molar-refractivity contribution in [3.8, 4) is 17.6 Å². The first-order valence-electron chi connectivity index (χ1n) is 5.71. The molecule has 0 N–H and O–H groups in total. The molecular weight excluding hydrogens is 230 g/mol. The summed E-state index contributed by atoms with van der Waals surface area (Å²) in [5.74, 6) is 1.32. The number of carbonyl (C=O) groups excluding carboxylic acids is 1. The molecule has 1 aromatic carbocycles. The molecule has 1 rings (SSSR count). The van der Waals surface area contributed by atoms with Crippen molar-refractivity contribution in [3.63, 3.8) is 0 Å². The molecule has 0 saturated carbocycles. The number of hydrogen-bond acceptors (Lipinski definition) is 4. The summed E-state index contributed by atoms with van der Waals surface area (Å²) in [6.45, 7) is 3.39. The topological polar surface area (TPSA) is 59.3 Å². The van der Waals surface area contributed by atoms with Gasteiger partial charge in [0.2, 0.25) is 0 Å². The van der Waals surface area contributed by atoms with Gasteiger partial charge in [-0.2, -0.15) is 5.26 Å². The summed E-state index contributed by atoms with van der Waals surface area (Å²) in [5.41, 5.74) is -0.966. The maximum Gasteiger partial charge on any atom is 0.149 e. The van der Waals surface area contributed by atoms with E-state index in [-0.39, 0.29) is 5.78 Å². The van der Waals surface area contributed by atoms with Gasteiger partial charge in [0.05, 0.1) is 19.8 Å². The summed E-state index contributed by atoms with van der Waals surface area (Å²) in [4.78, 5) is 11.3. The number of ether oxygens (including phenoxy) is 2. The Kier molecular flexibility index (Phi) is 4.73. The summed E-state index contributed by atoms with van der Waals surface area (Å²) in [5, 5.41) is 8.98. The van der Waals surface area contributed by atoms with Crippen LogP contribution in [0.4, 0.5) is 0 Å². The van der Waals surface area contributed by atoms with Crippen molar-refractivity contribution < 1.29 is 14.3 Å². The lowest BCUT2D eigenvalue weighted by molar-refractivity contribution is -0.123. The highest BCUT2D eigenvalue weighted by atomic mass is 16.5. The van der Waals surface area contributed by atoms with E-state index < -0.39 is 5.41 Å². The highest BCUT2D eigenvalue weighted by Crippen LogP contribution is 2.23. The normalized spacial score (nSPS) is 13.2. The second kappa shape index (κ2) is 6.06. The fraction of sp³-hybridized carbons (Fsp3) is 0.429. The van der Waals surface area contributed by atoms with Gasteiger partial charge in [-0.05, 0) is 38.1 Å². The van der Waals surface area contributed by atoms with E-state index in [1.807, 2.05) is 6.07 Å². The zero-order valence-electron chi connectivity index (χ0n) is 10.9. The minimum atomic E-state index is -0.966. The number of hydrogen-bond donors (Lipinski definition) is 0. The summed E-state index contributed by atoms with van der Waals surface area (Å²) < 4.78 is 10.5. The molecule has 0 aliphatic carbocycles. The number of nitrogens with zero attached hydrogens (tertiary/aromatic N) is 1. The van der Waals surface area contributed by atoms with Crippen LogP contribution in [0.2, 0.25) is 0 Å². The van der Waals surface area contributed by atoms with E-state index in [0.29, 0.717) is 18.8 Å². The van der Waals surface area contributed by atoms with Gasteiger partial charge in [0.25, 0.3) is 0 Å². The molecule has 4 nitrogen and oxygen atoms in total. The molecule has 4 heteroatoms. The number of nitriles is 1. The second-order valence-electron chi connectivity index (χ2n) is 4.27. The summed E-state index contributed by atoms with van der Waals surface area (Å²) in [7, 11) is 1.60. The van der Waals surface area contributed by atoms with Gasteiger partial charge < -0.3 is 9.47 Å². The van der Waals surface area contributed by atoms with E-state index in [4.69, 9.17) is 14.7 Å². The predicted octanol–water partition coefficient (Wildman–Crippen LogP) is 2.58. The number of ketones is 1. The molecule has 18 heavy (non-hydrogen) atoms. The van der Waals surface area contributed by atoms with E-state index >= 15 is 0 Å². The largest absolute Gasteiger partial charge is 0.497 e. The van der Waals surface area contributed by atoms with Gasteiger partial charge in [0, 0.05) is 6.42 Å². The van der Waals surface area contributed by atoms with Crippen molar-refractivity contribution in [2.24, 2.45) is 5.41 Å². The lowest BCUT2D eigenvalue weighted by Gasteiger charge is -2.17. The van der Waals surface area contributed by atoms with E-state index in [1.54, 1.807) is 38.3 Å². The molecule has 0 spiro atoms. The van der Waals surface area contributed by atoms with E-state index in [2.05, 4.69) is 0 Å². The SMILES string of the molecule is COc1ccc(OCCC(C)(C#N)C(C)=O)cc1. The first kappa shape index (κ1) is 14.0. The first-order chi connectivity index (χ1) is 8.51. The van der Waals surface area contributed by atoms with Gasteiger partial charge in [-0.1, -0.05) is 0 Å². The third-order valence-corrected chi connectivity index (χ3v) is 2.95. The Bertz CT molecular complexity index is 447. The number of methoxy groups -OCH3 is 1. The fourth-order valence-electron chi connectivity index (χ4n) is 1.36. The van der Waals surface area contributed by atoms with Crippen LogP contribution in [0, 0.1) is 16.7 Å². The third kappa shape index (κ3) is 3.49. The van der Waals surface area contributed by atoms with Gasteiger partial charge >= 0.3 is 0 Å². The van der Waals surface area contributed by atoms with Crippen molar-refractivity contribution in [2.45, 2.75) is 20.3 Å². The Morgan fingerprint density at radius 2 is 1.89 bits per heavy atom. The number of Topliss-reactive ketones (excluding diaryl/α,β-unsaturated/α-hetero) is 1. The molecule has 1 unspecified atom stereocenters. The van der Waals surface area contributed by atoms with Crippen molar-refractivity contribution in [3.05, 3.63) is 24.3 Å². The van der Waals surface area contributed by atoms with Gasteiger partial charge in [-0.25, -0.2) is 0 Å². The van der Waals surface area contributed by atoms with E-state index in [1.165, 1.54) is 6.92 Å². The number of carbonyl (C=O) groups is 1. The molecule has 0 saturated heterocycles. The van der Waals surface area contributed by atoms with Crippen LogP contribution in [-0.2, 0) is 4.79 Å².